The molecule has 5 nitrogen and oxygen atoms in total. The molecule has 0 aliphatic carbocycles. The molecule has 0 radical (unpaired) electrons. The van der Waals surface area contributed by atoms with Gasteiger partial charge in [0.05, 0.1) is 6.54 Å². The average molecular weight is 307 g/mol. The van der Waals surface area contributed by atoms with Crippen LogP contribution in [0.1, 0.15) is 34.6 Å². The molecule has 1 aromatic heterocycles. The van der Waals surface area contributed by atoms with Gasteiger partial charge in [-0.05, 0) is 46.8 Å². The van der Waals surface area contributed by atoms with Crippen LogP contribution in [0.15, 0.2) is 29.5 Å². The molecular weight excluding hydrogens is 274 g/mol. The van der Waals surface area contributed by atoms with Crippen LogP contribution in [0.25, 0.3) is 0 Å². The zero-order valence-corrected chi connectivity index (χ0v) is 14.8. The molecule has 0 fully saturated rings. The Balaban J connectivity index is 2.40. The lowest BCUT2D eigenvalue weighted by atomic mass is 10.2. The van der Waals surface area contributed by atoms with Gasteiger partial charge in [0.1, 0.15) is 0 Å². The van der Waals surface area contributed by atoms with Crippen LogP contribution in [0.5, 0.6) is 0 Å². The Morgan fingerprint density at radius 2 is 1.73 bits per heavy atom. The molecule has 1 heterocycles. The van der Waals surface area contributed by atoms with Gasteiger partial charge in [0.2, 0.25) is 0 Å². The number of rotatable bonds is 9. The molecule has 1 aromatic rings. The van der Waals surface area contributed by atoms with Crippen molar-refractivity contribution in [2.75, 3.05) is 26.2 Å². The van der Waals surface area contributed by atoms with Crippen LogP contribution >= 0.6 is 0 Å². The topological polar surface area (TPSA) is 44.6 Å². The molecule has 126 valence electrons. The molecule has 0 aromatic carbocycles. The minimum Gasteiger partial charge on any atom is -0.357 e. The van der Waals surface area contributed by atoms with E-state index < -0.39 is 0 Å². The maximum Gasteiger partial charge on any atom is 0.191 e. The summed E-state index contributed by atoms with van der Waals surface area (Å²) in [5.41, 5.74) is 0. The summed E-state index contributed by atoms with van der Waals surface area (Å²) < 4.78 is 2.16. The molecule has 0 aliphatic heterocycles. The number of aromatic nitrogens is 1. The van der Waals surface area contributed by atoms with Crippen LogP contribution in [-0.2, 0) is 6.54 Å². The maximum atomic E-state index is 4.68. The molecule has 5 heteroatoms. The first-order chi connectivity index (χ1) is 10.5. The first kappa shape index (κ1) is 18.6. The van der Waals surface area contributed by atoms with Gasteiger partial charge in [0.15, 0.2) is 5.96 Å². The van der Waals surface area contributed by atoms with E-state index in [1.165, 1.54) is 0 Å². The highest BCUT2D eigenvalue weighted by molar-refractivity contribution is 5.79. The third kappa shape index (κ3) is 6.98. The lowest BCUT2D eigenvalue weighted by Crippen LogP contribution is -2.41. The molecule has 0 unspecified atom stereocenters. The molecule has 0 saturated heterocycles. The van der Waals surface area contributed by atoms with Crippen molar-refractivity contribution in [2.45, 2.75) is 53.2 Å². The van der Waals surface area contributed by atoms with E-state index in [4.69, 9.17) is 0 Å². The van der Waals surface area contributed by atoms with Crippen molar-refractivity contribution >= 4 is 5.96 Å². The third-order valence-electron chi connectivity index (χ3n) is 3.63. The first-order valence-corrected chi connectivity index (χ1v) is 8.43. The van der Waals surface area contributed by atoms with Gasteiger partial charge >= 0.3 is 0 Å². The Hall–Kier alpha value is -1.49. The molecular formula is C17H33N5. The molecule has 0 atom stereocenters. The largest absolute Gasteiger partial charge is 0.357 e. The van der Waals surface area contributed by atoms with Gasteiger partial charge in [-0.15, -0.1) is 0 Å². The summed E-state index contributed by atoms with van der Waals surface area (Å²) in [5.74, 6) is 0.905. The van der Waals surface area contributed by atoms with Gasteiger partial charge in [0.25, 0.3) is 0 Å². The normalized spacial score (nSPS) is 12.5. The highest BCUT2D eigenvalue weighted by atomic mass is 15.2. The van der Waals surface area contributed by atoms with Crippen molar-refractivity contribution in [1.82, 2.24) is 20.1 Å². The Kier molecular flexibility index (Phi) is 8.67. The van der Waals surface area contributed by atoms with Crippen LogP contribution in [-0.4, -0.2) is 53.7 Å². The number of hydrogen-bond donors (Lipinski definition) is 2. The summed E-state index contributed by atoms with van der Waals surface area (Å²) >= 11 is 0. The Morgan fingerprint density at radius 3 is 2.27 bits per heavy atom. The van der Waals surface area contributed by atoms with Crippen molar-refractivity contribution in [3.05, 3.63) is 24.5 Å². The van der Waals surface area contributed by atoms with Crippen LogP contribution in [0, 0.1) is 0 Å². The zero-order valence-electron chi connectivity index (χ0n) is 14.8. The van der Waals surface area contributed by atoms with Crippen LogP contribution in [0.4, 0.5) is 0 Å². The predicted molar refractivity (Wildman–Crippen MR) is 95.4 cm³/mol. The number of guanidine groups is 1. The minimum absolute atomic E-state index is 0.555. The highest BCUT2D eigenvalue weighted by Gasteiger charge is 2.12. The standard InChI is InChI=1S/C17H33N5/c1-6-18-17(19-9-13-21-11-7-8-12-21)20-10-14-22(15(2)3)16(4)5/h7-8,11-12,15-16H,6,9-10,13-14H2,1-5H3,(H2,18,19,20). The van der Waals surface area contributed by atoms with Gasteiger partial charge in [-0.3, -0.25) is 9.89 Å². The molecule has 0 bridgehead atoms. The van der Waals surface area contributed by atoms with E-state index in [1.807, 2.05) is 12.1 Å². The minimum atomic E-state index is 0.555. The number of nitrogens with zero attached hydrogens (tertiary/aromatic N) is 3. The third-order valence-corrected chi connectivity index (χ3v) is 3.63. The monoisotopic (exact) mass is 307 g/mol. The lowest BCUT2D eigenvalue weighted by molar-refractivity contribution is 0.181. The van der Waals surface area contributed by atoms with E-state index in [2.05, 4.69) is 72.1 Å². The fraction of sp³-hybridized carbons (Fsp3) is 0.706. The molecule has 1 rings (SSSR count). The van der Waals surface area contributed by atoms with Crippen molar-refractivity contribution < 1.29 is 0 Å². The van der Waals surface area contributed by atoms with E-state index >= 15 is 0 Å². The smallest absolute Gasteiger partial charge is 0.191 e. The summed E-state index contributed by atoms with van der Waals surface area (Å²) in [6.07, 6.45) is 4.16. The summed E-state index contributed by atoms with van der Waals surface area (Å²) in [5, 5.41) is 6.70. The second-order valence-electron chi connectivity index (χ2n) is 6.03. The van der Waals surface area contributed by atoms with Gasteiger partial charge in [0, 0.05) is 50.7 Å². The molecule has 0 aliphatic rings. The van der Waals surface area contributed by atoms with Gasteiger partial charge in [-0.1, -0.05) is 0 Å². The predicted octanol–water partition coefficient (Wildman–Crippen LogP) is 2.16. The van der Waals surface area contributed by atoms with Crippen LogP contribution in [0.3, 0.4) is 0 Å². The Labute approximate surface area is 135 Å². The average Bonchev–Trinajstić information content (AvgIpc) is 2.95. The SMILES string of the molecule is CCNC(=NCCN(C(C)C)C(C)C)NCCn1cccc1. The van der Waals surface area contributed by atoms with E-state index in [0.717, 1.165) is 38.7 Å². The van der Waals surface area contributed by atoms with Gasteiger partial charge < -0.3 is 15.2 Å². The van der Waals surface area contributed by atoms with Crippen molar-refractivity contribution in [2.24, 2.45) is 4.99 Å². The molecule has 0 amide bonds. The molecule has 0 saturated carbocycles. The maximum absolute atomic E-state index is 4.68. The van der Waals surface area contributed by atoms with Crippen LogP contribution in [0.2, 0.25) is 0 Å². The van der Waals surface area contributed by atoms with E-state index in [9.17, 15) is 0 Å². The second-order valence-corrected chi connectivity index (χ2v) is 6.03. The van der Waals surface area contributed by atoms with Gasteiger partial charge in [-0.2, -0.15) is 0 Å². The second kappa shape index (κ2) is 10.3. The summed E-state index contributed by atoms with van der Waals surface area (Å²) in [7, 11) is 0. The van der Waals surface area contributed by atoms with Crippen LogP contribution < -0.4 is 10.6 Å². The van der Waals surface area contributed by atoms with Crippen molar-refractivity contribution in [1.29, 1.82) is 0 Å². The summed E-state index contributed by atoms with van der Waals surface area (Å²) in [6, 6.07) is 5.20. The first-order valence-electron chi connectivity index (χ1n) is 8.43. The number of hydrogen-bond acceptors (Lipinski definition) is 2. The fourth-order valence-corrected chi connectivity index (χ4v) is 2.55. The zero-order chi connectivity index (χ0) is 16.4. The molecule has 0 spiro atoms. The summed E-state index contributed by atoms with van der Waals surface area (Å²) in [4.78, 5) is 7.15. The van der Waals surface area contributed by atoms with E-state index in [-0.39, 0.29) is 0 Å². The molecule has 22 heavy (non-hydrogen) atoms. The molecule has 2 N–H and O–H groups in total. The quantitative estimate of drug-likeness (QED) is 0.543. The van der Waals surface area contributed by atoms with E-state index in [1.54, 1.807) is 0 Å². The van der Waals surface area contributed by atoms with E-state index in [0.29, 0.717) is 12.1 Å². The summed E-state index contributed by atoms with van der Waals surface area (Å²) in [6.45, 7) is 15.6. The Morgan fingerprint density at radius 1 is 1.09 bits per heavy atom. The Bertz CT molecular complexity index is 401. The number of aliphatic imine (C=N–C) groups is 1. The fourth-order valence-electron chi connectivity index (χ4n) is 2.55. The van der Waals surface area contributed by atoms with Crippen molar-refractivity contribution in [3.63, 3.8) is 0 Å². The highest BCUT2D eigenvalue weighted by Crippen LogP contribution is 2.03. The van der Waals surface area contributed by atoms with Crippen molar-refractivity contribution in [3.8, 4) is 0 Å². The van der Waals surface area contributed by atoms with Gasteiger partial charge in [-0.25, -0.2) is 0 Å². The number of nitrogens with one attached hydrogen (secondary N) is 2. The lowest BCUT2D eigenvalue weighted by Gasteiger charge is -2.29.